The van der Waals surface area contributed by atoms with Gasteiger partial charge in [0.05, 0.1) is 0 Å². The van der Waals surface area contributed by atoms with Crippen LogP contribution in [0.4, 0.5) is 5.69 Å². The van der Waals surface area contributed by atoms with Gasteiger partial charge in [-0.15, -0.1) is 0 Å². The van der Waals surface area contributed by atoms with Gasteiger partial charge in [0.15, 0.2) is 5.75 Å². The van der Waals surface area contributed by atoms with E-state index in [2.05, 4.69) is 5.32 Å². The third-order valence-electron chi connectivity index (χ3n) is 3.61. The van der Waals surface area contributed by atoms with E-state index in [1.54, 1.807) is 0 Å². The van der Waals surface area contributed by atoms with Crippen molar-refractivity contribution in [1.82, 2.24) is 0 Å². The number of phenolic OH excluding ortho intramolecular Hbond substituents is 1. The molecule has 108 valence electrons. The summed E-state index contributed by atoms with van der Waals surface area (Å²) < 4.78 is 0. The van der Waals surface area contributed by atoms with Crippen molar-refractivity contribution in [1.29, 1.82) is 0 Å². The van der Waals surface area contributed by atoms with Gasteiger partial charge < -0.3 is 20.6 Å². The van der Waals surface area contributed by atoms with Crippen LogP contribution in [0.25, 0.3) is 0 Å². The highest BCUT2D eigenvalue weighted by molar-refractivity contribution is 6.00. The van der Waals surface area contributed by atoms with Crippen LogP contribution in [-0.4, -0.2) is 27.2 Å². The molecule has 1 fully saturated rings. The van der Waals surface area contributed by atoms with Crippen LogP contribution < -0.4 is 5.32 Å². The number of carbonyl (C=O) groups excluding carboxylic acids is 1. The highest BCUT2D eigenvalue weighted by Crippen LogP contribution is 2.37. The predicted octanol–water partition coefficient (Wildman–Crippen LogP) is 2.31. The van der Waals surface area contributed by atoms with Gasteiger partial charge in [0.25, 0.3) is 0 Å². The van der Waals surface area contributed by atoms with Gasteiger partial charge in [-0.05, 0) is 25.0 Å². The molecule has 0 atom stereocenters. The zero-order valence-corrected chi connectivity index (χ0v) is 10.9. The van der Waals surface area contributed by atoms with E-state index in [1.807, 2.05) is 0 Å². The number of hydrogen-bond donors (Lipinski definition) is 4. The number of carboxylic acids is 1. The lowest BCUT2D eigenvalue weighted by Crippen LogP contribution is -2.25. The number of carboxylic acid groups (broad SMARTS) is 1. The summed E-state index contributed by atoms with van der Waals surface area (Å²) in [5.41, 5.74) is -0.595. The topological polar surface area (TPSA) is 107 Å². The van der Waals surface area contributed by atoms with Gasteiger partial charge in [-0.3, -0.25) is 4.79 Å². The lowest BCUT2D eigenvalue weighted by molar-refractivity contribution is -0.120. The molecule has 0 aliphatic heterocycles. The first kappa shape index (κ1) is 14.2. The fourth-order valence-electron chi connectivity index (χ4n) is 2.47. The highest BCUT2D eigenvalue weighted by Gasteiger charge is 2.24. The Balaban J connectivity index is 2.21. The number of phenols is 2. The average molecular weight is 279 g/mol. The highest BCUT2D eigenvalue weighted by atomic mass is 16.4. The molecule has 0 unspecified atom stereocenters. The van der Waals surface area contributed by atoms with Gasteiger partial charge in [0, 0.05) is 5.92 Å². The lowest BCUT2D eigenvalue weighted by atomic mass is 9.88. The third kappa shape index (κ3) is 2.84. The molecule has 0 bridgehead atoms. The van der Waals surface area contributed by atoms with Crippen LogP contribution in [-0.2, 0) is 4.79 Å². The largest absolute Gasteiger partial charge is 0.506 e. The summed E-state index contributed by atoms with van der Waals surface area (Å²) >= 11 is 0. The second-order valence-corrected chi connectivity index (χ2v) is 4.99. The predicted molar refractivity (Wildman–Crippen MR) is 71.9 cm³/mol. The zero-order chi connectivity index (χ0) is 14.7. The van der Waals surface area contributed by atoms with E-state index >= 15 is 0 Å². The van der Waals surface area contributed by atoms with Crippen molar-refractivity contribution < 1.29 is 24.9 Å². The van der Waals surface area contributed by atoms with Crippen molar-refractivity contribution >= 4 is 17.6 Å². The third-order valence-corrected chi connectivity index (χ3v) is 3.61. The molecular formula is C14H17NO5. The van der Waals surface area contributed by atoms with Crippen molar-refractivity contribution in [2.24, 2.45) is 5.92 Å². The number of carbonyl (C=O) groups is 2. The SMILES string of the molecule is O=C(O)c1ccc(O)c(NC(=O)C2CCCCC2)c1O. The van der Waals surface area contributed by atoms with Crippen molar-refractivity contribution in [3.63, 3.8) is 0 Å². The molecule has 0 saturated heterocycles. The first-order chi connectivity index (χ1) is 9.50. The van der Waals surface area contributed by atoms with Crippen LogP contribution in [0.2, 0.25) is 0 Å². The second-order valence-electron chi connectivity index (χ2n) is 4.99. The second kappa shape index (κ2) is 5.81. The Hall–Kier alpha value is -2.24. The van der Waals surface area contributed by atoms with Crippen LogP contribution in [0.1, 0.15) is 42.5 Å². The van der Waals surface area contributed by atoms with Crippen LogP contribution >= 0.6 is 0 Å². The number of nitrogens with one attached hydrogen (secondary N) is 1. The van der Waals surface area contributed by atoms with Crippen LogP contribution in [0.15, 0.2) is 12.1 Å². The Bertz CT molecular complexity index is 535. The van der Waals surface area contributed by atoms with E-state index in [0.29, 0.717) is 0 Å². The molecule has 20 heavy (non-hydrogen) atoms. The van der Waals surface area contributed by atoms with Crippen LogP contribution in [0.3, 0.4) is 0 Å². The summed E-state index contributed by atoms with van der Waals surface area (Å²) in [6.45, 7) is 0. The molecule has 0 heterocycles. The Kier molecular flexibility index (Phi) is 4.12. The standard InChI is InChI=1S/C14H17NO5/c16-10-7-6-9(14(19)20)12(17)11(10)15-13(18)8-4-2-1-3-5-8/h6-8,16-17H,1-5H2,(H,15,18)(H,19,20). The molecule has 2 rings (SSSR count). The summed E-state index contributed by atoms with van der Waals surface area (Å²) in [7, 11) is 0. The quantitative estimate of drug-likeness (QED) is 0.635. The summed E-state index contributed by atoms with van der Waals surface area (Å²) in [5, 5.41) is 30.9. The Morgan fingerprint density at radius 2 is 1.75 bits per heavy atom. The van der Waals surface area contributed by atoms with Crippen molar-refractivity contribution in [3.8, 4) is 11.5 Å². The average Bonchev–Trinajstić information content (AvgIpc) is 2.43. The van der Waals surface area contributed by atoms with Gasteiger partial charge in [-0.1, -0.05) is 19.3 Å². The van der Waals surface area contributed by atoms with E-state index in [9.17, 15) is 19.8 Å². The number of hydrogen-bond acceptors (Lipinski definition) is 4. The van der Waals surface area contributed by atoms with E-state index < -0.39 is 11.7 Å². The summed E-state index contributed by atoms with van der Waals surface area (Å²) in [6.07, 6.45) is 4.60. The summed E-state index contributed by atoms with van der Waals surface area (Å²) in [4.78, 5) is 23.0. The maximum atomic E-state index is 12.1. The molecule has 0 spiro atoms. The van der Waals surface area contributed by atoms with Crippen molar-refractivity contribution in [2.75, 3.05) is 5.32 Å². The van der Waals surface area contributed by atoms with Gasteiger partial charge in [-0.2, -0.15) is 0 Å². The first-order valence-electron chi connectivity index (χ1n) is 6.59. The maximum absolute atomic E-state index is 12.1. The van der Waals surface area contributed by atoms with Gasteiger partial charge in [0.2, 0.25) is 5.91 Å². The van der Waals surface area contributed by atoms with Crippen LogP contribution in [0.5, 0.6) is 11.5 Å². The monoisotopic (exact) mass is 279 g/mol. The molecule has 1 aromatic rings. The smallest absolute Gasteiger partial charge is 0.339 e. The minimum absolute atomic E-state index is 0.156. The number of amides is 1. The zero-order valence-electron chi connectivity index (χ0n) is 10.9. The molecular weight excluding hydrogens is 262 g/mol. The number of benzene rings is 1. The molecule has 0 radical (unpaired) electrons. The molecule has 4 N–H and O–H groups in total. The van der Waals surface area contributed by atoms with E-state index in [4.69, 9.17) is 5.11 Å². The van der Waals surface area contributed by atoms with E-state index in [1.165, 1.54) is 0 Å². The summed E-state index contributed by atoms with van der Waals surface area (Å²) in [6, 6.07) is 2.23. The van der Waals surface area contributed by atoms with Gasteiger partial charge in [-0.25, -0.2) is 4.79 Å². The number of aromatic hydroxyl groups is 2. The number of aromatic carboxylic acids is 1. The van der Waals surface area contributed by atoms with E-state index in [0.717, 1.165) is 44.2 Å². The van der Waals surface area contributed by atoms with Gasteiger partial charge in [0.1, 0.15) is 17.0 Å². The molecule has 6 heteroatoms. The number of anilines is 1. The molecule has 1 aliphatic carbocycles. The normalized spacial score (nSPS) is 15.8. The van der Waals surface area contributed by atoms with Crippen molar-refractivity contribution in [2.45, 2.75) is 32.1 Å². The maximum Gasteiger partial charge on any atom is 0.339 e. The minimum atomic E-state index is -1.32. The van der Waals surface area contributed by atoms with E-state index in [-0.39, 0.29) is 28.8 Å². The Morgan fingerprint density at radius 3 is 2.35 bits per heavy atom. The molecule has 0 aromatic heterocycles. The fourth-order valence-corrected chi connectivity index (χ4v) is 2.47. The molecule has 1 aromatic carbocycles. The molecule has 1 aliphatic rings. The van der Waals surface area contributed by atoms with Crippen LogP contribution in [0, 0.1) is 5.92 Å². The number of rotatable bonds is 3. The molecule has 6 nitrogen and oxygen atoms in total. The Morgan fingerprint density at radius 1 is 1.10 bits per heavy atom. The Labute approximate surface area is 116 Å². The molecule has 1 saturated carbocycles. The van der Waals surface area contributed by atoms with Gasteiger partial charge >= 0.3 is 5.97 Å². The fraction of sp³-hybridized carbons (Fsp3) is 0.429. The summed E-state index contributed by atoms with van der Waals surface area (Å²) in [5.74, 6) is -2.75. The van der Waals surface area contributed by atoms with Crippen molar-refractivity contribution in [3.05, 3.63) is 17.7 Å². The minimum Gasteiger partial charge on any atom is -0.506 e. The first-order valence-corrected chi connectivity index (χ1v) is 6.59. The lowest BCUT2D eigenvalue weighted by Gasteiger charge is -2.21. The molecule has 1 amide bonds.